The number of aromatic nitrogens is 1. The number of nitrogens with zero attached hydrogens (tertiary/aromatic N) is 2. The third-order valence-electron chi connectivity index (χ3n) is 3.70. The van der Waals surface area contributed by atoms with Crippen molar-refractivity contribution in [2.75, 3.05) is 6.54 Å². The van der Waals surface area contributed by atoms with Crippen LogP contribution >= 0.6 is 22.9 Å². The topological polar surface area (TPSA) is 57.8 Å². The van der Waals surface area contributed by atoms with Crippen molar-refractivity contribution < 1.29 is 0 Å². The first-order valence-electron chi connectivity index (χ1n) is 6.66. The van der Waals surface area contributed by atoms with Gasteiger partial charge in [-0.2, -0.15) is 5.26 Å². The summed E-state index contributed by atoms with van der Waals surface area (Å²) < 4.78 is 2.63. The maximum absolute atomic E-state index is 12.6. The van der Waals surface area contributed by atoms with Crippen molar-refractivity contribution in [2.45, 2.75) is 13.0 Å². The van der Waals surface area contributed by atoms with Crippen LogP contribution in [0.4, 0.5) is 0 Å². The molecule has 0 saturated carbocycles. The Hall–Kier alpha value is -1.94. The van der Waals surface area contributed by atoms with Gasteiger partial charge in [-0.15, -0.1) is 11.3 Å². The summed E-state index contributed by atoms with van der Waals surface area (Å²) in [4.78, 5) is 13.7. The number of thiophene rings is 1. The van der Waals surface area contributed by atoms with E-state index in [1.54, 1.807) is 15.3 Å². The van der Waals surface area contributed by atoms with E-state index >= 15 is 0 Å². The Bertz CT molecular complexity index is 942. The van der Waals surface area contributed by atoms with E-state index in [1.807, 2.05) is 24.3 Å². The molecule has 6 heteroatoms. The molecule has 0 fully saturated rings. The summed E-state index contributed by atoms with van der Waals surface area (Å²) in [6.07, 6.45) is 0.856. The molecule has 21 heavy (non-hydrogen) atoms. The summed E-state index contributed by atoms with van der Waals surface area (Å²) in [6, 6.07) is 9.88. The van der Waals surface area contributed by atoms with Crippen LogP contribution in [0.15, 0.2) is 29.1 Å². The van der Waals surface area contributed by atoms with Gasteiger partial charge in [0.2, 0.25) is 0 Å². The highest BCUT2D eigenvalue weighted by molar-refractivity contribution is 7.19. The van der Waals surface area contributed by atoms with E-state index in [1.165, 1.54) is 16.4 Å². The summed E-state index contributed by atoms with van der Waals surface area (Å²) >= 11 is 2.97. The molecule has 1 aromatic carbocycles. The number of nitrogens with one attached hydrogen (secondary N) is 1. The second kappa shape index (κ2) is 4.81. The zero-order valence-electron chi connectivity index (χ0n) is 11.0. The molecule has 0 radical (unpaired) electrons. The smallest absolute Gasteiger partial charge is 0.273 e. The Balaban J connectivity index is 2.01. The van der Waals surface area contributed by atoms with Gasteiger partial charge in [-0.05, 0) is 42.2 Å². The molecule has 3 aromatic rings. The van der Waals surface area contributed by atoms with Gasteiger partial charge in [0.1, 0.15) is 11.1 Å². The first-order chi connectivity index (χ1) is 10.3. The Labute approximate surface area is 129 Å². The number of nitriles is 1. The molecular weight excluding hydrogens is 302 g/mol. The SMILES string of the molecule is N#Cc1c(-n2sc3ccccc3c2=O)sc2c1CCNC2. The molecule has 0 unspecified atom stereocenters. The fourth-order valence-electron chi connectivity index (χ4n) is 2.68. The van der Waals surface area contributed by atoms with E-state index in [-0.39, 0.29) is 5.56 Å². The zero-order valence-corrected chi connectivity index (χ0v) is 12.7. The highest BCUT2D eigenvalue weighted by Gasteiger charge is 2.23. The average Bonchev–Trinajstić information content (AvgIpc) is 3.05. The maximum Gasteiger partial charge on any atom is 0.273 e. The standard InChI is InChI=1S/C15H11N3OS2/c16-7-11-9-5-6-17-8-13(9)20-15(11)18-14(19)10-3-1-2-4-12(10)21-18/h1-4,17H,5-6,8H2. The Morgan fingerprint density at radius 2 is 2.19 bits per heavy atom. The van der Waals surface area contributed by atoms with Crippen LogP contribution in [0, 0.1) is 11.3 Å². The van der Waals surface area contributed by atoms with E-state index < -0.39 is 0 Å². The molecule has 0 spiro atoms. The van der Waals surface area contributed by atoms with Gasteiger partial charge in [0, 0.05) is 11.4 Å². The molecule has 0 bridgehead atoms. The van der Waals surface area contributed by atoms with Gasteiger partial charge in [-0.3, -0.25) is 4.79 Å². The Kier molecular flexibility index (Phi) is 2.93. The fourth-order valence-corrected chi connectivity index (χ4v) is 5.03. The quantitative estimate of drug-likeness (QED) is 0.751. The van der Waals surface area contributed by atoms with E-state index in [2.05, 4.69) is 11.4 Å². The van der Waals surface area contributed by atoms with Crippen molar-refractivity contribution in [3.05, 3.63) is 50.6 Å². The molecule has 3 heterocycles. The van der Waals surface area contributed by atoms with Crippen LogP contribution in [0.5, 0.6) is 0 Å². The zero-order chi connectivity index (χ0) is 14.4. The lowest BCUT2D eigenvalue weighted by atomic mass is 10.1. The van der Waals surface area contributed by atoms with Gasteiger partial charge >= 0.3 is 0 Å². The summed E-state index contributed by atoms with van der Waals surface area (Å²) in [5.41, 5.74) is 1.75. The molecule has 0 amide bonds. The molecule has 4 nitrogen and oxygen atoms in total. The average molecular weight is 313 g/mol. The van der Waals surface area contributed by atoms with Crippen LogP contribution in [0.1, 0.15) is 16.0 Å². The first-order valence-corrected chi connectivity index (χ1v) is 8.25. The lowest BCUT2D eigenvalue weighted by Gasteiger charge is -2.11. The van der Waals surface area contributed by atoms with E-state index in [0.29, 0.717) is 5.56 Å². The van der Waals surface area contributed by atoms with Gasteiger partial charge in [-0.25, -0.2) is 3.96 Å². The van der Waals surface area contributed by atoms with Crippen LogP contribution in [0.2, 0.25) is 0 Å². The second-order valence-electron chi connectivity index (χ2n) is 4.91. The van der Waals surface area contributed by atoms with Crippen molar-refractivity contribution in [2.24, 2.45) is 0 Å². The van der Waals surface area contributed by atoms with E-state index in [4.69, 9.17) is 0 Å². The summed E-state index contributed by atoms with van der Waals surface area (Å²) in [5, 5.41) is 14.3. The molecule has 1 N–H and O–H groups in total. The first kappa shape index (κ1) is 12.8. The Morgan fingerprint density at radius 1 is 1.33 bits per heavy atom. The van der Waals surface area contributed by atoms with Gasteiger partial charge < -0.3 is 5.32 Å². The summed E-state index contributed by atoms with van der Waals surface area (Å²) in [6.45, 7) is 1.67. The predicted molar refractivity (Wildman–Crippen MR) is 85.4 cm³/mol. The van der Waals surface area contributed by atoms with Gasteiger partial charge in [-0.1, -0.05) is 12.1 Å². The van der Waals surface area contributed by atoms with Gasteiger partial charge in [0.25, 0.3) is 5.56 Å². The van der Waals surface area contributed by atoms with Crippen molar-refractivity contribution in [3.63, 3.8) is 0 Å². The number of hydrogen-bond acceptors (Lipinski definition) is 5. The molecule has 2 aromatic heterocycles. The third kappa shape index (κ3) is 1.86. The number of fused-ring (bicyclic) bond motifs is 2. The molecule has 4 rings (SSSR count). The molecular formula is C15H11N3OS2. The van der Waals surface area contributed by atoms with Gasteiger partial charge in [0.15, 0.2) is 0 Å². The normalized spacial score (nSPS) is 14.0. The monoisotopic (exact) mass is 313 g/mol. The van der Waals surface area contributed by atoms with Crippen molar-refractivity contribution in [1.82, 2.24) is 9.27 Å². The summed E-state index contributed by atoms with van der Waals surface area (Å²) in [7, 11) is 0. The molecule has 0 atom stereocenters. The predicted octanol–water partition coefficient (Wildman–Crippen LogP) is 2.63. The molecule has 1 aliphatic rings. The minimum Gasteiger partial charge on any atom is -0.312 e. The van der Waals surface area contributed by atoms with Crippen LogP contribution in [0.3, 0.4) is 0 Å². The number of benzene rings is 1. The lowest BCUT2D eigenvalue weighted by molar-refractivity contribution is 0.654. The van der Waals surface area contributed by atoms with Crippen molar-refractivity contribution >= 4 is 33.0 Å². The van der Waals surface area contributed by atoms with Gasteiger partial charge in [0.05, 0.1) is 15.6 Å². The molecule has 0 saturated heterocycles. The molecule has 1 aliphatic heterocycles. The van der Waals surface area contributed by atoms with E-state index in [9.17, 15) is 10.1 Å². The second-order valence-corrected chi connectivity index (χ2v) is 6.98. The maximum atomic E-state index is 12.6. The highest BCUT2D eigenvalue weighted by Crippen LogP contribution is 2.34. The largest absolute Gasteiger partial charge is 0.312 e. The van der Waals surface area contributed by atoms with E-state index in [0.717, 1.165) is 40.2 Å². The third-order valence-corrected chi connectivity index (χ3v) is 6.11. The van der Waals surface area contributed by atoms with Crippen LogP contribution in [0.25, 0.3) is 15.1 Å². The lowest BCUT2D eigenvalue weighted by Crippen LogP contribution is -2.22. The van der Waals surface area contributed by atoms with Crippen LogP contribution in [-0.4, -0.2) is 10.5 Å². The van der Waals surface area contributed by atoms with Crippen LogP contribution in [-0.2, 0) is 13.0 Å². The van der Waals surface area contributed by atoms with Crippen molar-refractivity contribution in [3.8, 4) is 11.1 Å². The highest BCUT2D eigenvalue weighted by atomic mass is 32.1. The van der Waals surface area contributed by atoms with Crippen molar-refractivity contribution in [1.29, 1.82) is 5.26 Å². The molecule has 0 aliphatic carbocycles. The number of hydrogen-bond donors (Lipinski definition) is 1. The minimum absolute atomic E-state index is 0.0290. The Morgan fingerprint density at radius 3 is 3.00 bits per heavy atom. The number of rotatable bonds is 1. The molecule has 104 valence electrons. The van der Waals surface area contributed by atoms with Crippen LogP contribution < -0.4 is 10.9 Å². The minimum atomic E-state index is -0.0290. The summed E-state index contributed by atoms with van der Waals surface area (Å²) in [5.74, 6) is 0. The fraction of sp³-hybridized carbons (Fsp3) is 0.200.